The van der Waals surface area contributed by atoms with Crippen molar-refractivity contribution in [3.63, 3.8) is 0 Å². The number of nitrogens with one attached hydrogen (secondary N) is 1. The first kappa shape index (κ1) is 13.9. The van der Waals surface area contributed by atoms with Gasteiger partial charge in [0.2, 0.25) is 0 Å². The molecule has 0 saturated carbocycles. The molecule has 1 atom stereocenters. The lowest BCUT2D eigenvalue weighted by Gasteiger charge is -2.16. The van der Waals surface area contributed by atoms with Crippen LogP contribution in [0.3, 0.4) is 0 Å². The maximum atomic E-state index is 5.35. The van der Waals surface area contributed by atoms with Crippen LogP contribution < -0.4 is 0 Å². The Morgan fingerprint density at radius 1 is 1.26 bits per heavy atom. The molecule has 19 heavy (non-hydrogen) atoms. The molecule has 1 unspecified atom stereocenters. The van der Waals surface area contributed by atoms with Crippen LogP contribution in [0.2, 0.25) is 0 Å². The van der Waals surface area contributed by atoms with Crippen LogP contribution in [0, 0.1) is 10.7 Å². The minimum Gasteiger partial charge on any atom is -0.296 e. The molecule has 4 nitrogen and oxygen atoms in total. The quantitative estimate of drug-likeness (QED) is 0.840. The minimum atomic E-state index is 0.325. The average Bonchev–Trinajstić information content (AvgIpc) is 2.79. The first-order valence-corrected chi connectivity index (χ1v) is 7.08. The van der Waals surface area contributed by atoms with E-state index in [4.69, 9.17) is 12.2 Å². The highest BCUT2D eigenvalue weighted by molar-refractivity contribution is 7.71. The summed E-state index contributed by atoms with van der Waals surface area (Å²) in [5.41, 5.74) is 0.853. The minimum absolute atomic E-state index is 0.325. The Morgan fingerprint density at radius 3 is 2.68 bits per heavy atom. The number of rotatable bonds is 5. The van der Waals surface area contributed by atoms with E-state index in [1.54, 1.807) is 6.20 Å². The topological polar surface area (TPSA) is 46.5 Å². The van der Waals surface area contributed by atoms with Gasteiger partial charge in [-0.3, -0.25) is 14.6 Å². The molecule has 0 fully saturated rings. The van der Waals surface area contributed by atoms with Crippen LogP contribution in [0.15, 0.2) is 24.4 Å². The molecule has 102 valence electrons. The molecule has 2 aromatic heterocycles. The summed E-state index contributed by atoms with van der Waals surface area (Å²) in [6.07, 6.45) is 4.04. The zero-order valence-corrected chi connectivity index (χ0v) is 12.4. The van der Waals surface area contributed by atoms with E-state index in [0.717, 1.165) is 17.9 Å². The predicted octanol–water partition coefficient (Wildman–Crippen LogP) is 4.00. The van der Waals surface area contributed by atoms with E-state index < -0.39 is 0 Å². The molecule has 2 rings (SSSR count). The number of aromatic amines is 1. The SMILES string of the molecule is CC(C)CCC(C)n1c(-c2ccccn2)n[nH]c1=S. The van der Waals surface area contributed by atoms with Crippen LogP contribution in [-0.2, 0) is 0 Å². The largest absolute Gasteiger partial charge is 0.296 e. The van der Waals surface area contributed by atoms with E-state index >= 15 is 0 Å². The van der Waals surface area contributed by atoms with Gasteiger partial charge in [-0.05, 0) is 50.0 Å². The van der Waals surface area contributed by atoms with Gasteiger partial charge in [0.1, 0.15) is 5.69 Å². The zero-order valence-electron chi connectivity index (χ0n) is 11.6. The second-order valence-electron chi connectivity index (χ2n) is 5.26. The van der Waals surface area contributed by atoms with E-state index in [9.17, 15) is 0 Å². The Kier molecular flexibility index (Phi) is 4.47. The zero-order chi connectivity index (χ0) is 13.8. The highest BCUT2D eigenvalue weighted by atomic mass is 32.1. The lowest BCUT2D eigenvalue weighted by Crippen LogP contribution is -2.09. The number of H-pyrrole nitrogens is 1. The number of pyridine rings is 1. The summed E-state index contributed by atoms with van der Waals surface area (Å²) in [6.45, 7) is 6.65. The summed E-state index contributed by atoms with van der Waals surface area (Å²) in [5.74, 6) is 1.52. The lowest BCUT2D eigenvalue weighted by molar-refractivity contribution is 0.438. The molecule has 0 aliphatic heterocycles. The average molecular weight is 276 g/mol. The third-order valence-corrected chi connectivity index (χ3v) is 3.49. The molecule has 0 aromatic carbocycles. The second-order valence-corrected chi connectivity index (χ2v) is 5.64. The first-order valence-electron chi connectivity index (χ1n) is 6.68. The summed E-state index contributed by atoms with van der Waals surface area (Å²) >= 11 is 5.35. The summed E-state index contributed by atoms with van der Waals surface area (Å²) in [7, 11) is 0. The van der Waals surface area contributed by atoms with E-state index in [1.165, 1.54) is 6.42 Å². The maximum absolute atomic E-state index is 5.35. The number of nitrogens with zero attached hydrogens (tertiary/aromatic N) is 3. The predicted molar refractivity (Wildman–Crippen MR) is 79.4 cm³/mol. The Balaban J connectivity index is 2.30. The molecule has 1 N–H and O–H groups in total. The molecule has 0 radical (unpaired) electrons. The fraction of sp³-hybridized carbons (Fsp3) is 0.500. The van der Waals surface area contributed by atoms with Gasteiger partial charge in [0.15, 0.2) is 10.6 Å². The van der Waals surface area contributed by atoms with Gasteiger partial charge in [-0.25, -0.2) is 0 Å². The second kappa shape index (κ2) is 6.10. The van der Waals surface area contributed by atoms with Gasteiger partial charge in [0, 0.05) is 12.2 Å². The van der Waals surface area contributed by atoms with Crippen LogP contribution in [0.1, 0.15) is 39.7 Å². The van der Waals surface area contributed by atoms with Crippen LogP contribution in [-0.4, -0.2) is 19.7 Å². The van der Waals surface area contributed by atoms with Crippen molar-refractivity contribution in [2.45, 2.75) is 39.7 Å². The van der Waals surface area contributed by atoms with Gasteiger partial charge in [-0.15, -0.1) is 0 Å². The number of hydrogen-bond acceptors (Lipinski definition) is 3. The summed E-state index contributed by atoms with van der Waals surface area (Å²) in [6, 6.07) is 6.14. The Morgan fingerprint density at radius 2 is 2.05 bits per heavy atom. The highest BCUT2D eigenvalue weighted by Gasteiger charge is 2.15. The van der Waals surface area contributed by atoms with E-state index in [-0.39, 0.29) is 0 Å². The van der Waals surface area contributed by atoms with Crippen molar-refractivity contribution in [1.29, 1.82) is 0 Å². The van der Waals surface area contributed by atoms with Crippen LogP contribution in [0.25, 0.3) is 11.5 Å². The fourth-order valence-electron chi connectivity index (χ4n) is 2.09. The van der Waals surface area contributed by atoms with E-state index in [0.29, 0.717) is 16.7 Å². The van der Waals surface area contributed by atoms with Crippen LogP contribution in [0.5, 0.6) is 0 Å². The first-order chi connectivity index (χ1) is 9.09. The Labute approximate surface area is 118 Å². The van der Waals surface area contributed by atoms with Gasteiger partial charge in [0.05, 0.1) is 0 Å². The molecular weight excluding hydrogens is 256 g/mol. The fourth-order valence-corrected chi connectivity index (χ4v) is 2.41. The van der Waals surface area contributed by atoms with Gasteiger partial charge in [0.25, 0.3) is 0 Å². The van der Waals surface area contributed by atoms with Crippen molar-refractivity contribution in [1.82, 2.24) is 19.7 Å². The number of hydrogen-bond donors (Lipinski definition) is 1. The van der Waals surface area contributed by atoms with E-state index in [2.05, 4.69) is 40.5 Å². The Hall–Kier alpha value is -1.49. The number of aromatic nitrogens is 4. The molecule has 0 saturated heterocycles. The molecular formula is C14H20N4S. The van der Waals surface area contributed by atoms with E-state index in [1.807, 2.05) is 18.2 Å². The summed E-state index contributed by atoms with van der Waals surface area (Å²) in [4.78, 5) is 4.35. The smallest absolute Gasteiger partial charge is 0.195 e. The molecule has 0 bridgehead atoms. The lowest BCUT2D eigenvalue weighted by atomic mass is 10.0. The molecule has 2 heterocycles. The van der Waals surface area contributed by atoms with Crippen molar-refractivity contribution in [2.24, 2.45) is 5.92 Å². The molecule has 2 aromatic rings. The van der Waals surface area contributed by atoms with Crippen molar-refractivity contribution >= 4 is 12.2 Å². The Bertz CT molecular complexity index is 571. The van der Waals surface area contributed by atoms with Crippen LogP contribution in [0.4, 0.5) is 0 Å². The maximum Gasteiger partial charge on any atom is 0.195 e. The third kappa shape index (κ3) is 3.29. The van der Waals surface area contributed by atoms with Crippen molar-refractivity contribution in [3.8, 4) is 11.5 Å². The standard InChI is InChI=1S/C14H20N4S/c1-10(2)7-8-11(3)18-13(16-17-14(18)19)12-6-4-5-9-15-12/h4-6,9-11H,7-8H2,1-3H3,(H,17,19). The van der Waals surface area contributed by atoms with Crippen LogP contribution >= 0.6 is 12.2 Å². The van der Waals surface area contributed by atoms with Gasteiger partial charge < -0.3 is 0 Å². The van der Waals surface area contributed by atoms with Gasteiger partial charge >= 0.3 is 0 Å². The summed E-state index contributed by atoms with van der Waals surface area (Å²) < 4.78 is 2.73. The van der Waals surface area contributed by atoms with Crippen molar-refractivity contribution in [2.75, 3.05) is 0 Å². The molecule has 0 spiro atoms. The molecule has 5 heteroatoms. The molecule has 0 aliphatic carbocycles. The third-order valence-electron chi connectivity index (χ3n) is 3.20. The van der Waals surface area contributed by atoms with Crippen molar-refractivity contribution < 1.29 is 0 Å². The molecule has 0 aliphatic rings. The summed E-state index contributed by atoms with van der Waals surface area (Å²) in [5, 5.41) is 7.20. The monoisotopic (exact) mass is 276 g/mol. The van der Waals surface area contributed by atoms with Crippen molar-refractivity contribution in [3.05, 3.63) is 29.2 Å². The highest BCUT2D eigenvalue weighted by Crippen LogP contribution is 2.23. The van der Waals surface area contributed by atoms with Gasteiger partial charge in [-0.2, -0.15) is 5.10 Å². The normalized spacial score (nSPS) is 12.8. The van der Waals surface area contributed by atoms with Gasteiger partial charge in [-0.1, -0.05) is 19.9 Å². The molecule has 0 amide bonds.